The van der Waals surface area contributed by atoms with Crippen molar-refractivity contribution in [1.82, 2.24) is 4.90 Å². The third kappa shape index (κ3) is 2.83. The minimum absolute atomic E-state index is 0.0448. The van der Waals surface area contributed by atoms with E-state index in [1.807, 2.05) is 0 Å². The van der Waals surface area contributed by atoms with Crippen LogP contribution in [0.25, 0.3) is 11.1 Å². The third-order valence-electron chi connectivity index (χ3n) is 8.36. The topological polar surface area (TPSA) is 162 Å². The van der Waals surface area contributed by atoms with Crippen LogP contribution < -0.4 is 0 Å². The molecule has 0 aromatic heterocycles. The molecule has 0 bridgehead atoms. The molecule has 0 spiro atoms. The molecule has 1 fully saturated rings. The van der Waals surface area contributed by atoms with Gasteiger partial charge in [-0.3, -0.25) is 19.3 Å². The average molecular weight is 527 g/mol. The van der Waals surface area contributed by atoms with Crippen molar-refractivity contribution in [3.63, 3.8) is 0 Å². The van der Waals surface area contributed by atoms with Gasteiger partial charge in [-0.25, -0.2) is 4.79 Å². The van der Waals surface area contributed by atoms with Gasteiger partial charge in [-0.2, -0.15) is 0 Å². The molecule has 3 aromatic carbocycles. The van der Waals surface area contributed by atoms with Crippen LogP contribution >= 0.6 is 0 Å². The van der Waals surface area contributed by atoms with Gasteiger partial charge < -0.3 is 25.2 Å². The van der Waals surface area contributed by atoms with Crippen LogP contribution in [0.4, 0.5) is 0 Å². The maximum atomic E-state index is 13.7. The molecule has 0 saturated carbocycles. The molecule has 196 valence electrons. The third-order valence-corrected chi connectivity index (χ3v) is 8.36. The van der Waals surface area contributed by atoms with Crippen molar-refractivity contribution >= 4 is 23.4 Å². The van der Waals surface area contributed by atoms with E-state index < -0.39 is 46.7 Å². The van der Waals surface area contributed by atoms with Crippen LogP contribution in [0.5, 0.6) is 17.2 Å². The van der Waals surface area contributed by atoms with Crippen LogP contribution in [-0.2, 0) is 28.8 Å². The number of phenolic OH excluding ortho intramolecular Hbond substituents is 3. The second-order valence-electron chi connectivity index (χ2n) is 10.5. The van der Waals surface area contributed by atoms with Gasteiger partial charge in [0, 0.05) is 28.7 Å². The molecule has 0 unspecified atom stereocenters. The summed E-state index contributed by atoms with van der Waals surface area (Å²) in [6.07, 6.45) is 0.957. The summed E-state index contributed by atoms with van der Waals surface area (Å²) in [6, 6.07) is 6.16. The molecular weight excluding hydrogens is 506 g/mol. The smallest absolute Gasteiger partial charge is 0.328 e. The van der Waals surface area contributed by atoms with Gasteiger partial charge in [0.2, 0.25) is 0 Å². The number of amides is 1. The predicted octanol–water partition coefficient (Wildman–Crippen LogP) is 2.54. The summed E-state index contributed by atoms with van der Waals surface area (Å²) in [6.45, 7) is 1.45. The molecule has 4 N–H and O–H groups in total. The van der Waals surface area contributed by atoms with Crippen molar-refractivity contribution in [2.24, 2.45) is 0 Å². The number of carbonyl (C=O) groups excluding carboxylic acids is 3. The summed E-state index contributed by atoms with van der Waals surface area (Å²) in [7, 11) is 0. The van der Waals surface area contributed by atoms with Gasteiger partial charge in [-0.15, -0.1) is 0 Å². The number of fused-ring (bicyclic) bond motifs is 7. The number of rotatable bonds is 1. The van der Waals surface area contributed by atoms with Crippen LogP contribution in [0.3, 0.4) is 0 Å². The van der Waals surface area contributed by atoms with E-state index in [9.17, 15) is 39.6 Å². The number of phenols is 3. The summed E-state index contributed by atoms with van der Waals surface area (Å²) in [5, 5.41) is 42.9. The number of hydrogen-bond acceptors (Lipinski definition) is 8. The SMILES string of the molecule is C[C@@]12Cc3cc4c(c(O)c3C(=O)N1[C@@H](C(=O)O)CO2)-c1c(cc2c(c1O)C(=O)c1cccc(O)c1C2=O)CC4. The fourth-order valence-electron chi connectivity index (χ4n) is 6.63. The van der Waals surface area contributed by atoms with Gasteiger partial charge in [0.25, 0.3) is 5.91 Å². The van der Waals surface area contributed by atoms with E-state index in [0.717, 1.165) is 4.90 Å². The average Bonchev–Trinajstić information content (AvgIpc) is 3.24. The largest absolute Gasteiger partial charge is 0.507 e. The molecule has 2 aliphatic carbocycles. The number of carboxylic acid groups (broad SMARTS) is 1. The van der Waals surface area contributed by atoms with Gasteiger partial charge >= 0.3 is 5.97 Å². The van der Waals surface area contributed by atoms with Crippen molar-refractivity contribution < 1.29 is 44.3 Å². The normalized spacial score (nSPS) is 22.4. The number of nitrogens with zero attached hydrogens (tertiary/aromatic N) is 1. The van der Waals surface area contributed by atoms with Gasteiger partial charge in [-0.1, -0.05) is 18.2 Å². The first-order valence-electron chi connectivity index (χ1n) is 12.4. The van der Waals surface area contributed by atoms with Gasteiger partial charge in [-0.05, 0) is 48.6 Å². The Kier molecular flexibility index (Phi) is 4.47. The lowest BCUT2D eigenvalue weighted by atomic mass is 9.75. The van der Waals surface area contributed by atoms with E-state index in [0.29, 0.717) is 29.5 Å². The maximum absolute atomic E-state index is 13.7. The summed E-state index contributed by atoms with van der Waals surface area (Å²) < 4.78 is 5.74. The number of aromatic hydroxyl groups is 3. The molecule has 1 saturated heterocycles. The highest BCUT2D eigenvalue weighted by Crippen LogP contribution is 2.52. The molecule has 2 aliphatic heterocycles. The fraction of sp³-hybridized carbons (Fsp3) is 0.241. The van der Waals surface area contributed by atoms with Gasteiger partial charge in [0.15, 0.2) is 17.6 Å². The van der Waals surface area contributed by atoms with Crippen molar-refractivity contribution in [3.05, 3.63) is 74.8 Å². The van der Waals surface area contributed by atoms with Crippen molar-refractivity contribution in [2.45, 2.75) is 38.0 Å². The van der Waals surface area contributed by atoms with Crippen LogP contribution in [0.2, 0.25) is 0 Å². The van der Waals surface area contributed by atoms with Gasteiger partial charge in [0.05, 0.1) is 23.3 Å². The van der Waals surface area contributed by atoms with Crippen molar-refractivity contribution in [3.8, 4) is 28.4 Å². The summed E-state index contributed by atoms with van der Waals surface area (Å²) in [5.41, 5.74) is 0.227. The standard InChI is InChI=1S/C29H21NO9/c1-29-9-13-7-11-5-6-12-8-15-22(23(32)14-3-2-4-17(31)21(14)24(15)33)26(35)19(12)18(11)25(34)20(13)27(36)30(29)16(10-39-29)28(37)38/h2-4,7-8,16,31,34-35H,5-6,9-10H2,1H3,(H,37,38)/t16-,29-/m1/s1. The van der Waals surface area contributed by atoms with E-state index in [1.165, 1.54) is 24.3 Å². The number of ketones is 2. The van der Waals surface area contributed by atoms with Crippen LogP contribution in [0.1, 0.15) is 65.8 Å². The molecule has 7 rings (SSSR count). The highest BCUT2D eigenvalue weighted by Gasteiger charge is 2.54. The molecule has 0 radical (unpaired) electrons. The van der Waals surface area contributed by atoms with Crippen molar-refractivity contribution in [1.29, 1.82) is 0 Å². The minimum atomic E-state index is -1.22. The van der Waals surface area contributed by atoms with E-state index in [-0.39, 0.29) is 57.7 Å². The molecule has 10 nitrogen and oxygen atoms in total. The van der Waals surface area contributed by atoms with Crippen LogP contribution in [0.15, 0.2) is 30.3 Å². The van der Waals surface area contributed by atoms with E-state index >= 15 is 0 Å². The van der Waals surface area contributed by atoms with E-state index in [4.69, 9.17) is 4.74 Å². The Hall–Kier alpha value is -4.70. The van der Waals surface area contributed by atoms with E-state index in [1.54, 1.807) is 13.0 Å². The van der Waals surface area contributed by atoms with Crippen LogP contribution in [-0.4, -0.2) is 67.1 Å². The van der Waals surface area contributed by atoms with Crippen molar-refractivity contribution in [2.75, 3.05) is 6.61 Å². The quantitative estimate of drug-likeness (QED) is 0.291. The number of aryl methyl sites for hydroxylation is 2. The maximum Gasteiger partial charge on any atom is 0.328 e. The molecule has 10 heteroatoms. The number of carboxylic acids is 1. The lowest BCUT2D eigenvalue weighted by Gasteiger charge is -2.41. The number of ether oxygens (including phenoxy) is 1. The minimum Gasteiger partial charge on any atom is -0.507 e. The Balaban J connectivity index is 1.45. The summed E-state index contributed by atoms with van der Waals surface area (Å²) in [4.78, 5) is 53.4. The number of carbonyl (C=O) groups is 4. The zero-order valence-corrected chi connectivity index (χ0v) is 20.6. The number of hydrogen-bond donors (Lipinski definition) is 4. The monoisotopic (exact) mass is 527 g/mol. The Labute approximate surface area is 220 Å². The number of benzene rings is 3. The fourth-order valence-corrected chi connectivity index (χ4v) is 6.63. The zero-order chi connectivity index (χ0) is 27.5. The number of aliphatic carboxylic acids is 1. The molecule has 39 heavy (non-hydrogen) atoms. The van der Waals surface area contributed by atoms with Gasteiger partial charge in [0.1, 0.15) is 23.0 Å². The Bertz CT molecular complexity index is 1740. The highest BCUT2D eigenvalue weighted by atomic mass is 16.5. The van der Waals surface area contributed by atoms with E-state index in [2.05, 4.69) is 0 Å². The molecular formula is C29H21NO9. The molecule has 3 aromatic rings. The Morgan fingerprint density at radius 3 is 2.21 bits per heavy atom. The molecule has 2 heterocycles. The molecule has 4 aliphatic rings. The Morgan fingerprint density at radius 1 is 0.872 bits per heavy atom. The highest BCUT2D eigenvalue weighted by molar-refractivity contribution is 6.31. The molecule has 1 amide bonds. The summed E-state index contributed by atoms with van der Waals surface area (Å²) >= 11 is 0. The first-order chi connectivity index (χ1) is 18.5. The van der Waals surface area contributed by atoms with Crippen LogP contribution in [0, 0.1) is 0 Å². The second kappa shape index (κ2) is 7.45. The zero-order valence-electron chi connectivity index (χ0n) is 20.6. The predicted molar refractivity (Wildman–Crippen MR) is 133 cm³/mol. The lowest BCUT2D eigenvalue weighted by molar-refractivity contribution is -0.142. The first kappa shape index (κ1) is 23.4. The molecule has 2 atom stereocenters. The summed E-state index contributed by atoms with van der Waals surface area (Å²) in [5.74, 6) is -4.42. The first-order valence-corrected chi connectivity index (χ1v) is 12.4. The lowest BCUT2D eigenvalue weighted by Crippen LogP contribution is -2.56. The second-order valence-corrected chi connectivity index (χ2v) is 10.5. The Morgan fingerprint density at radius 2 is 1.51 bits per heavy atom.